The number of ether oxygens (including phenoxy) is 3. The summed E-state index contributed by atoms with van der Waals surface area (Å²) >= 11 is 0. The van der Waals surface area contributed by atoms with Gasteiger partial charge in [-0.15, -0.1) is 0 Å². The number of methoxy groups -OCH3 is 2. The van der Waals surface area contributed by atoms with Crippen LogP contribution in [0.3, 0.4) is 0 Å². The van der Waals surface area contributed by atoms with E-state index in [1.54, 1.807) is 26.4 Å². The number of nitrogens with one attached hydrogen (secondary N) is 1. The van der Waals surface area contributed by atoms with Gasteiger partial charge in [0.05, 0.1) is 26.3 Å². The molecule has 1 amide bonds. The van der Waals surface area contributed by atoms with E-state index in [4.69, 9.17) is 14.2 Å². The molecule has 5 heteroatoms. The van der Waals surface area contributed by atoms with E-state index >= 15 is 0 Å². The predicted molar refractivity (Wildman–Crippen MR) is 76.7 cm³/mol. The molecule has 1 aromatic carbocycles. The van der Waals surface area contributed by atoms with Crippen LogP contribution in [0.1, 0.15) is 27.2 Å². The first-order valence-electron chi connectivity index (χ1n) is 6.57. The van der Waals surface area contributed by atoms with Crippen molar-refractivity contribution in [2.75, 3.05) is 19.5 Å². The van der Waals surface area contributed by atoms with E-state index in [1.165, 1.54) is 0 Å². The van der Waals surface area contributed by atoms with Gasteiger partial charge in [-0.2, -0.15) is 0 Å². The molecule has 0 bridgehead atoms. The SMILES string of the molecule is COc1cc2c(cc1OC)O[C@H](C(C)(C)C)CC(=O)N2. The van der Waals surface area contributed by atoms with E-state index in [0.29, 0.717) is 29.4 Å². The van der Waals surface area contributed by atoms with Gasteiger partial charge >= 0.3 is 0 Å². The molecule has 0 spiro atoms. The lowest BCUT2D eigenvalue weighted by atomic mass is 9.87. The summed E-state index contributed by atoms with van der Waals surface area (Å²) in [5.41, 5.74) is 0.478. The number of anilines is 1. The molecule has 2 rings (SSSR count). The molecule has 1 aliphatic heterocycles. The standard InChI is InChI=1S/C15H21NO4/c1-15(2,3)13-8-14(17)16-9-6-11(18-4)12(19-5)7-10(9)20-13/h6-7,13H,8H2,1-5H3,(H,16,17)/t13-/m0/s1. The Labute approximate surface area is 119 Å². The fourth-order valence-electron chi connectivity index (χ4n) is 2.10. The third-order valence-corrected chi connectivity index (χ3v) is 3.37. The molecule has 20 heavy (non-hydrogen) atoms. The highest BCUT2D eigenvalue weighted by Crippen LogP contribution is 2.41. The van der Waals surface area contributed by atoms with Crippen LogP contribution in [0.25, 0.3) is 0 Å². The molecule has 5 nitrogen and oxygen atoms in total. The summed E-state index contributed by atoms with van der Waals surface area (Å²) in [5, 5.41) is 2.85. The topological polar surface area (TPSA) is 56.8 Å². The first-order valence-corrected chi connectivity index (χ1v) is 6.57. The first-order chi connectivity index (χ1) is 9.35. The summed E-state index contributed by atoms with van der Waals surface area (Å²) in [6.07, 6.45) is 0.130. The molecule has 0 aromatic heterocycles. The van der Waals surface area contributed by atoms with Crippen LogP contribution in [0.15, 0.2) is 12.1 Å². The predicted octanol–water partition coefficient (Wildman–Crippen LogP) is 2.84. The summed E-state index contributed by atoms with van der Waals surface area (Å²) in [6.45, 7) is 6.16. The number of fused-ring (bicyclic) bond motifs is 1. The van der Waals surface area contributed by atoms with Crippen molar-refractivity contribution in [3.05, 3.63) is 12.1 Å². The zero-order valence-electron chi connectivity index (χ0n) is 12.6. The normalized spacial score (nSPS) is 18.4. The maximum atomic E-state index is 12.0. The summed E-state index contributed by atoms with van der Waals surface area (Å²) in [6, 6.07) is 3.47. The van der Waals surface area contributed by atoms with Gasteiger partial charge in [0.1, 0.15) is 11.9 Å². The minimum absolute atomic E-state index is 0.0594. The fourth-order valence-corrected chi connectivity index (χ4v) is 2.10. The van der Waals surface area contributed by atoms with Crippen molar-refractivity contribution in [2.24, 2.45) is 5.41 Å². The van der Waals surface area contributed by atoms with Crippen LogP contribution in [0.4, 0.5) is 5.69 Å². The second-order valence-corrected chi connectivity index (χ2v) is 5.93. The Kier molecular flexibility index (Phi) is 3.79. The molecule has 1 atom stereocenters. The molecule has 1 N–H and O–H groups in total. The third kappa shape index (κ3) is 2.81. The van der Waals surface area contributed by atoms with Crippen LogP contribution in [0.2, 0.25) is 0 Å². The van der Waals surface area contributed by atoms with Gasteiger partial charge in [0.2, 0.25) is 5.91 Å². The smallest absolute Gasteiger partial charge is 0.228 e. The molecule has 1 heterocycles. The highest BCUT2D eigenvalue weighted by Gasteiger charge is 2.32. The van der Waals surface area contributed by atoms with Crippen LogP contribution in [-0.4, -0.2) is 26.2 Å². The minimum Gasteiger partial charge on any atom is -0.493 e. The molecule has 0 fully saturated rings. The molecule has 0 aliphatic carbocycles. The summed E-state index contributed by atoms with van der Waals surface area (Å²) in [4.78, 5) is 12.0. The van der Waals surface area contributed by atoms with Crippen molar-refractivity contribution in [2.45, 2.75) is 33.3 Å². The van der Waals surface area contributed by atoms with E-state index < -0.39 is 0 Å². The van der Waals surface area contributed by atoms with Gasteiger partial charge in [-0.25, -0.2) is 0 Å². The van der Waals surface area contributed by atoms with Gasteiger partial charge in [-0.3, -0.25) is 4.79 Å². The van der Waals surface area contributed by atoms with Crippen LogP contribution in [0.5, 0.6) is 17.2 Å². The van der Waals surface area contributed by atoms with Gasteiger partial charge in [0.15, 0.2) is 11.5 Å². The van der Waals surface area contributed by atoms with Crippen molar-refractivity contribution >= 4 is 11.6 Å². The first kappa shape index (κ1) is 14.5. The Bertz CT molecular complexity index is 519. The van der Waals surface area contributed by atoms with Gasteiger partial charge in [-0.1, -0.05) is 20.8 Å². The van der Waals surface area contributed by atoms with Gasteiger partial charge in [0, 0.05) is 12.1 Å². The zero-order valence-corrected chi connectivity index (χ0v) is 12.6. The minimum atomic E-state index is -0.193. The van der Waals surface area contributed by atoms with Crippen molar-refractivity contribution in [3.8, 4) is 17.2 Å². The van der Waals surface area contributed by atoms with Crippen molar-refractivity contribution in [1.82, 2.24) is 0 Å². The summed E-state index contributed by atoms with van der Waals surface area (Å²) < 4.78 is 16.5. The van der Waals surface area contributed by atoms with Gasteiger partial charge in [-0.05, 0) is 5.41 Å². The molecule has 1 aliphatic rings. The molecule has 0 saturated heterocycles. The highest BCUT2D eigenvalue weighted by atomic mass is 16.5. The second-order valence-electron chi connectivity index (χ2n) is 5.93. The van der Waals surface area contributed by atoms with Crippen LogP contribution < -0.4 is 19.5 Å². The Morgan fingerprint density at radius 3 is 2.35 bits per heavy atom. The fraction of sp³-hybridized carbons (Fsp3) is 0.533. The quantitative estimate of drug-likeness (QED) is 0.904. The Hall–Kier alpha value is -1.91. The van der Waals surface area contributed by atoms with Crippen LogP contribution >= 0.6 is 0 Å². The molecule has 0 saturated carbocycles. The molecule has 0 radical (unpaired) electrons. The monoisotopic (exact) mass is 279 g/mol. The summed E-state index contributed by atoms with van der Waals surface area (Å²) in [5.74, 6) is 1.68. The lowest BCUT2D eigenvalue weighted by Crippen LogP contribution is -2.34. The molecular weight excluding hydrogens is 258 g/mol. The molecular formula is C15H21NO4. The molecule has 0 unspecified atom stereocenters. The number of rotatable bonds is 2. The van der Waals surface area contributed by atoms with E-state index in [0.717, 1.165) is 0 Å². The number of hydrogen-bond acceptors (Lipinski definition) is 4. The van der Waals surface area contributed by atoms with Crippen molar-refractivity contribution < 1.29 is 19.0 Å². The molecule has 1 aromatic rings. The largest absolute Gasteiger partial charge is 0.493 e. The number of carbonyl (C=O) groups is 1. The van der Waals surface area contributed by atoms with Crippen molar-refractivity contribution in [1.29, 1.82) is 0 Å². The Morgan fingerprint density at radius 1 is 1.20 bits per heavy atom. The highest BCUT2D eigenvalue weighted by molar-refractivity contribution is 5.94. The average Bonchev–Trinajstić information content (AvgIpc) is 2.54. The zero-order chi connectivity index (χ0) is 14.9. The molecule has 110 valence electrons. The number of benzene rings is 1. The average molecular weight is 279 g/mol. The van der Waals surface area contributed by atoms with Crippen molar-refractivity contribution in [3.63, 3.8) is 0 Å². The Balaban J connectivity index is 2.45. The number of hydrogen-bond donors (Lipinski definition) is 1. The second kappa shape index (κ2) is 5.23. The van der Waals surface area contributed by atoms with Crippen LogP contribution in [-0.2, 0) is 4.79 Å². The van der Waals surface area contributed by atoms with E-state index in [-0.39, 0.29) is 17.4 Å². The third-order valence-electron chi connectivity index (χ3n) is 3.37. The Morgan fingerprint density at radius 2 is 1.80 bits per heavy atom. The number of carbonyl (C=O) groups excluding carboxylic acids is 1. The summed E-state index contributed by atoms with van der Waals surface area (Å²) in [7, 11) is 3.13. The van der Waals surface area contributed by atoms with E-state index in [2.05, 4.69) is 26.1 Å². The van der Waals surface area contributed by atoms with Gasteiger partial charge < -0.3 is 19.5 Å². The van der Waals surface area contributed by atoms with Crippen LogP contribution in [0, 0.1) is 5.41 Å². The van der Waals surface area contributed by atoms with E-state index in [9.17, 15) is 4.79 Å². The lowest BCUT2D eigenvalue weighted by molar-refractivity contribution is -0.118. The van der Waals surface area contributed by atoms with E-state index in [1.807, 2.05) is 0 Å². The number of amides is 1. The lowest BCUT2D eigenvalue weighted by Gasteiger charge is -2.29. The maximum absolute atomic E-state index is 12.0. The van der Waals surface area contributed by atoms with Gasteiger partial charge in [0.25, 0.3) is 0 Å². The maximum Gasteiger partial charge on any atom is 0.228 e.